The van der Waals surface area contributed by atoms with Crippen LogP contribution in [0.1, 0.15) is 37.6 Å². The maximum atomic E-state index is 6.01. The van der Waals surface area contributed by atoms with Gasteiger partial charge in [0.2, 0.25) is 0 Å². The van der Waals surface area contributed by atoms with E-state index in [0.717, 1.165) is 37.7 Å². The Hall–Kier alpha value is -0.910. The molecule has 2 aliphatic heterocycles. The lowest BCUT2D eigenvalue weighted by atomic mass is 10.0. The summed E-state index contributed by atoms with van der Waals surface area (Å²) >= 11 is 0. The summed E-state index contributed by atoms with van der Waals surface area (Å²) in [5.74, 6) is 0. The number of hydrogen-bond acceptors (Lipinski definition) is 4. The quantitative estimate of drug-likeness (QED) is 0.906. The van der Waals surface area contributed by atoms with E-state index < -0.39 is 0 Å². The van der Waals surface area contributed by atoms with Crippen molar-refractivity contribution in [2.75, 3.05) is 26.2 Å². The van der Waals surface area contributed by atoms with Gasteiger partial charge in [0.1, 0.15) is 0 Å². The van der Waals surface area contributed by atoms with Crippen molar-refractivity contribution in [2.45, 2.75) is 58.3 Å². The Bertz CT molecular complexity index is 461. The monoisotopic (exact) mass is 291 g/mol. The molecule has 0 aromatic carbocycles. The summed E-state index contributed by atoms with van der Waals surface area (Å²) in [5, 5.41) is 4.55. The fourth-order valence-electron chi connectivity index (χ4n) is 3.77. The zero-order chi connectivity index (χ0) is 14.8. The van der Waals surface area contributed by atoms with Gasteiger partial charge in [-0.1, -0.05) is 0 Å². The molecule has 1 atom stereocenters. The van der Waals surface area contributed by atoms with Gasteiger partial charge in [-0.15, -0.1) is 0 Å². The maximum Gasteiger partial charge on any atom is 0.0597 e. The SMILES string of the molecule is CCn1nc(C)cc1CN1CCC(N2CCC(N)CC2)C1. The van der Waals surface area contributed by atoms with Gasteiger partial charge in [0.05, 0.1) is 11.4 Å². The summed E-state index contributed by atoms with van der Waals surface area (Å²) in [4.78, 5) is 5.24. The minimum absolute atomic E-state index is 0.431. The van der Waals surface area contributed by atoms with Crippen molar-refractivity contribution < 1.29 is 0 Å². The molecular formula is C16H29N5. The first-order chi connectivity index (χ1) is 10.2. The molecule has 0 saturated carbocycles. The van der Waals surface area contributed by atoms with Crippen LogP contribution >= 0.6 is 0 Å². The number of nitrogens with two attached hydrogens (primary N) is 1. The Morgan fingerprint density at radius 2 is 2.00 bits per heavy atom. The van der Waals surface area contributed by atoms with Crippen LogP contribution in [0.25, 0.3) is 0 Å². The molecule has 21 heavy (non-hydrogen) atoms. The van der Waals surface area contributed by atoms with E-state index in [9.17, 15) is 0 Å². The molecule has 1 unspecified atom stereocenters. The Morgan fingerprint density at radius 1 is 1.24 bits per heavy atom. The molecule has 2 aliphatic rings. The van der Waals surface area contributed by atoms with Crippen molar-refractivity contribution in [3.63, 3.8) is 0 Å². The van der Waals surface area contributed by atoms with Gasteiger partial charge in [0.15, 0.2) is 0 Å². The number of aryl methyl sites for hydroxylation is 2. The summed E-state index contributed by atoms with van der Waals surface area (Å²) in [6.45, 7) is 11.0. The van der Waals surface area contributed by atoms with Gasteiger partial charge in [-0.3, -0.25) is 14.5 Å². The minimum Gasteiger partial charge on any atom is -0.328 e. The molecule has 5 heteroatoms. The van der Waals surface area contributed by atoms with E-state index in [2.05, 4.69) is 39.5 Å². The van der Waals surface area contributed by atoms with E-state index in [4.69, 9.17) is 5.73 Å². The van der Waals surface area contributed by atoms with E-state index in [1.54, 1.807) is 0 Å². The highest BCUT2D eigenvalue weighted by Crippen LogP contribution is 2.21. The van der Waals surface area contributed by atoms with Gasteiger partial charge >= 0.3 is 0 Å². The molecule has 0 amide bonds. The van der Waals surface area contributed by atoms with E-state index in [1.807, 2.05) is 0 Å². The molecule has 2 N–H and O–H groups in total. The van der Waals surface area contributed by atoms with Crippen molar-refractivity contribution in [3.8, 4) is 0 Å². The van der Waals surface area contributed by atoms with Gasteiger partial charge in [-0.05, 0) is 52.3 Å². The van der Waals surface area contributed by atoms with Crippen LogP contribution in [0.5, 0.6) is 0 Å². The maximum absolute atomic E-state index is 6.01. The number of hydrogen-bond donors (Lipinski definition) is 1. The van der Waals surface area contributed by atoms with E-state index in [0.29, 0.717) is 6.04 Å². The summed E-state index contributed by atoms with van der Waals surface area (Å²) in [5.41, 5.74) is 8.50. The van der Waals surface area contributed by atoms with Crippen molar-refractivity contribution in [2.24, 2.45) is 5.73 Å². The van der Waals surface area contributed by atoms with Gasteiger partial charge in [0, 0.05) is 38.3 Å². The second kappa shape index (κ2) is 6.46. The number of likely N-dealkylation sites (tertiary alicyclic amines) is 2. The van der Waals surface area contributed by atoms with Crippen LogP contribution in [-0.2, 0) is 13.1 Å². The predicted molar refractivity (Wildman–Crippen MR) is 85.1 cm³/mol. The van der Waals surface area contributed by atoms with Crippen LogP contribution in [0.15, 0.2) is 6.07 Å². The second-order valence-electron chi connectivity index (χ2n) is 6.64. The normalized spacial score (nSPS) is 25.8. The van der Waals surface area contributed by atoms with Gasteiger partial charge in [-0.2, -0.15) is 5.10 Å². The first-order valence-corrected chi connectivity index (χ1v) is 8.41. The van der Waals surface area contributed by atoms with Crippen LogP contribution < -0.4 is 5.73 Å². The minimum atomic E-state index is 0.431. The Labute approximate surface area is 128 Å². The van der Waals surface area contributed by atoms with Crippen LogP contribution in [0.3, 0.4) is 0 Å². The summed E-state index contributed by atoms with van der Waals surface area (Å²) < 4.78 is 2.14. The lowest BCUT2D eigenvalue weighted by molar-refractivity contribution is 0.151. The first-order valence-electron chi connectivity index (χ1n) is 8.41. The fourth-order valence-corrected chi connectivity index (χ4v) is 3.77. The number of piperidine rings is 1. The van der Waals surface area contributed by atoms with Gasteiger partial charge < -0.3 is 5.73 Å². The summed E-state index contributed by atoms with van der Waals surface area (Å²) in [7, 11) is 0. The zero-order valence-electron chi connectivity index (χ0n) is 13.5. The molecule has 5 nitrogen and oxygen atoms in total. The number of nitrogens with zero attached hydrogens (tertiary/aromatic N) is 4. The van der Waals surface area contributed by atoms with Gasteiger partial charge in [-0.25, -0.2) is 0 Å². The smallest absolute Gasteiger partial charge is 0.0597 e. The van der Waals surface area contributed by atoms with Crippen molar-refractivity contribution in [3.05, 3.63) is 17.5 Å². The van der Waals surface area contributed by atoms with E-state index in [1.165, 1.54) is 38.3 Å². The van der Waals surface area contributed by atoms with Crippen LogP contribution in [-0.4, -0.2) is 57.8 Å². The standard InChI is InChI=1S/C16H29N5/c1-3-21-16(10-13(2)18-21)12-19-7-6-15(11-19)20-8-4-14(17)5-9-20/h10,14-15H,3-9,11-12,17H2,1-2H3. The van der Waals surface area contributed by atoms with Crippen molar-refractivity contribution in [1.29, 1.82) is 0 Å². The molecule has 0 spiro atoms. The molecule has 0 aliphatic carbocycles. The second-order valence-corrected chi connectivity index (χ2v) is 6.64. The van der Waals surface area contributed by atoms with Gasteiger partial charge in [0.25, 0.3) is 0 Å². The molecule has 3 rings (SSSR count). The van der Waals surface area contributed by atoms with E-state index >= 15 is 0 Å². The third-order valence-corrected chi connectivity index (χ3v) is 5.01. The number of aromatic nitrogens is 2. The lowest BCUT2D eigenvalue weighted by Crippen LogP contribution is -2.46. The molecule has 1 aromatic rings. The van der Waals surface area contributed by atoms with Crippen molar-refractivity contribution >= 4 is 0 Å². The molecular weight excluding hydrogens is 262 g/mol. The molecule has 2 fully saturated rings. The Balaban J connectivity index is 1.54. The zero-order valence-corrected chi connectivity index (χ0v) is 13.5. The summed E-state index contributed by atoms with van der Waals surface area (Å²) in [6.07, 6.45) is 3.63. The lowest BCUT2D eigenvalue weighted by Gasteiger charge is -2.34. The fraction of sp³-hybridized carbons (Fsp3) is 0.812. The first kappa shape index (κ1) is 15.0. The number of rotatable bonds is 4. The molecule has 3 heterocycles. The predicted octanol–water partition coefficient (Wildman–Crippen LogP) is 1.21. The topological polar surface area (TPSA) is 50.3 Å². The molecule has 118 valence electrons. The molecule has 2 saturated heterocycles. The van der Waals surface area contributed by atoms with Crippen LogP contribution in [0.2, 0.25) is 0 Å². The highest BCUT2D eigenvalue weighted by atomic mass is 15.3. The van der Waals surface area contributed by atoms with Crippen LogP contribution in [0, 0.1) is 6.92 Å². The summed E-state index contributed by atoms with van der Waals surface area (Å²) in [6, 6.07) is 3.40. The largest absolute Gasteiger partial charge is 0.328 e. The third-order valence-electron chi connectivity index (χ3n) is 5.01. The van der Waals surface area contributed by atoms with E-state index in [-0.39, 0.29) is 0 Å². The Morgan fingerprint density at radius 3 is 2.71 bits per heavy atom. The van der Waals surface area contributed by atoms with Crippen molar-refractivity contribution in [1.82, 2.24) is 19.6 Å². The Kier molecular flexibility index (Phi) is 4.62. The molecule has 0 radical (unpaired) electrons. The molecule has 0 bridgehead atoms. The highest BCUT2D eigenvalue weighted by Gasteiger charge is 2.30. The average molecular weight is 291 g/mol. The molecule has 1 aromatic heterocycles. The third kappa shape index (κ3) is 3.47. The highest BCUT2D eigenvalue weighted by molar-refractivity contribution is 5.09. The van der Waals surface area contributed by atoms with Crippen LogP contribution in [0.4, 0.5) is 0 Å². The average Bonchev–Trinajstić information content (AvgIpc) is 3.07.